The molecular weight excluding hydrogens is 280 g/mol. The van der Waals surface area contributed by atoms with Crippen LogP contribution in [0.5, 0.6) is 0 Å². The molecule has 0 aliphatic rings. The van der Waals surface area contributed by atoms with Gasteiger partial charge in [-0.25, -0.2) is 0 Å². The van der Waals surface area contributed by atoms with Gasteiger partial charge in [-0.3, -0.25) is 10.1 Å². The van der Waals surface area contributed by atoms with Crippen LogP contribution >= 0.6 is 0 Å². The number of benzene rings is 2. The van der Waals surface area contributed by atoms with Crippen molar-refractivity contribution < 1.29 is 10.0 Å². The summed E-state index contributed by atoms with van der Waals surface area (Å²) in [7, 11) is 1.75. The molecule has 0 aliphatic heterocycles. The molecule has 0 amide bonds. The van der Waals surface area contributed by atoms with Crippen molar-refractivity contribution in [1.82, 2.24) is 5.32 Å². The van der Waals surface area contributed by atoms with E-state index in [0.717, 1.165) is 11.1 Å². The molecule has 5 heteroatoms. The highest BCUT2D eigenvalue weighted by molar-refractivity contribution is 5.81. The number of rotatable bonds is 5. The lowest BCUT2D eigenvalue weighted by Gasteiger charge is -2.06. The molecule has 2 rings (SSSR count). The maximum absolute atomic E-state index is 10.7. The number of nitrogens with one attached hydrogen (secondary N) is 1. The predicted molar refractivity (Wildman–Crippen MR) is 87.2 cm³/mol. The van der Waals surface area contributed by atoms with E-state index in [9.17, 15) is 15.2 Å². The monoisotopic (exact) mass is 296 g/mol. The van der Waals surface area contributed by atoms with Gasteiger partial charge in [0.1, 0.15) is 5.76 Å². The highest BCUT2D eigenvalue weighted by Gasteiger charge is 2.07. The van der Waals surface area contributed by atoms with Gasteiger partial charge in [0.2, 0.25) is 0 Å². The van der Waals surface area contributed by atoms with E-state index in [4.69, 9.17) is 0 Å². The van der Waals surface area contributed by atoms with Crippen LogP contribution in [0.3, 0.4) is 0 Å². The third-order valence-electron chi connectivity index (χ3n) is 3.07. The molecule has 2 aromatic rings. The largest absolute Gasteiger partial charge is 0.507 e. The molecule has 0 saturated carbocycles. The first kappa shape index (κ1) is 15.3. The molecule has 5 nitrogen and oxygen atoms in total. The van der Waals surface area contributed by atoms with E-state index >= 15 is 0 Å². The van der Waals surface area contributed by atoms with Gasteiger partial charge in [-0.15, -0.1) is 0 Å². The third kappa shape index (κ3) is 3.73. The van der Waals surface area contributed by atoms with Crippen molar-refractivity contribution >= 4 is 17.0 Å². The van der Waals surface area contributed by atoms with Crippen molar-refractivity contribution in [1.29, 1.82) is 0 Å². The van der Waals surface area contributed by atoms with E-state index in [1.807, 2.05) is 18.2 Å². The van der Waals surface area contributed by atoms with Crippen LogP contribution in [-0.2, 0) is 0 Å². The number of hydrogen-bond donors (Lipinski definition) is 2. The topological polar surface area (TPSA) is 75.4 Å². The molecule has 0 fully saturated rings. The molecule has 0 radical (unpaired) electrons. The lowest BCUT2D eigenvalue weighted by atomic mass is 10.0. The van der Waals surface area contributed by atoms with Gasteiger partial charge < -0.3 is 10.4 Å². The molecule has 0 atom stereocenters. The third-order valence-corrected chi connectivity index (χ3v) is 3.07. The summed E-state index contributed by atoms with van der Waals surface area (Å²) in [5.74, 6) is 0.125. The predicted octanol–water partition coefficient (Wildman–Crippen LogP) is 3.75. The van der Waals surface area contributed by atoms with Crippen LogP contribution in [0.25, 0.3) is 11.3 Å². The second kappa shape index (κ2) is 7.08. The Kier molecular flexibility index (Phi) is 4.93. The van der Waals surface area contributed by atoms with Crippen LogP contribution in [0.1, 0.15) is 11.1 Å². The first-order chi connectivity index (χ1) is 10.6. The molecule has 112 valence electrons. The number of nitro groups is 1. The Hall–Kier alpha value is -3.08. The van der Waals surface area contributed by atoms with Crippen molar-refractivity contribution in [3.63, 3.8) is 0 Å². The first-order valence-electron chi connectivity index (χ1n) is 6.70. The Morgan fingerprint density at radius 3 is 2.27 bits per heavy atom. The van der Waals surface area contributed by atoms with Crippen molar-refractivity contribution in [3.05, 3.63) is 88.1 Å². The molecule has 0 saturated heterocycles. The molecule has 0 spiro atoms. The highest BCUT2D eigenvalue weighted by Crippen LogP contribution is 2.22. The van der Waals surface area contributed by atoms with Gasteiger partial charge in [-0.2, -0.15) is 0 Å². The number of hydrogen-bond acceptors (Lipinski definition) is 4. The Labute approximate surface area is 128 Å². The maximum Gasteiger partial charge on any atom is 0.269 e. The smallest absolute Gasteiger partial charge is 0.269 e. The number of nitro benzene ring substituents is 1. The zero-order valence-corrected chi connectivity index (χ0v) is 12.1. The summed E-state index contributed by atoms with van der Waals surface area (Å²) in [5.41, 5.74) is 2.22. The second-order valence-electron chi connectivity index (χ2n) is 4.59. The standard InChI is InChI=1S/C17H16N2O3/c1-18-12-15(11-17(20)14-5-3-2-4-6-14)13-7-9-16(10-8-13)19(21)22/h2-12,18,20H,1H3. The van der Waals surface area contributed by atoms with E-state index in [1.165, 1.54) is 12.1 Å². The lowest BCUT2D eigenvalue weighted by molar-refractivity contribution is -0.384. The summed E-state index contributed by atoms with van der Waals surface area (Å²) in [5, 5.41) is 23.8. The fourth-order valence-corrected chi connectivity index (χ4v) is 1.98. The van der Waals surface area contributed by atoms with E-state index in [2.05, 4.69) is 5.32 Å². The van der Waals surface area contributed by atoms with Crippen molar-refractivity contribution in [2.45, 2.75) is 0 Å². The van der Waals surface area contributed by atoms with Crippen LogP contribution < -0.4 is 5.32 Å². The van der Waals surface area contributed by atoms with E-state index in [1.54, 1.807) is 43.6 Å². The molecule has 0 bridgehead atoms. The van der Waals surface area contributed by atoms with E-state index in [0.29, 0.717) is 5.56 Å². The number of allylic oxidation sites excluding steroid dienone is 2. The minimum Gasteiger partial charge on any atom is -0.507 e. The summed E-state index contributed by atoms with van der Waals surface area (Å²) >= 11 is 0. The van der Waals surface area contributed by atoms with Crippen LogP contribution in [-0.4, -0.2) is 17.1 Å². The lowest BCUT2D eigenvalue weighted by Crippen LogP contribution is -1.96. The summed E-state index contributed by atoms with van der Waals surface area (Å²) in [4.78, 5) is 10.3. The van der Waals surface area contributed by atoms with Crippen molar-refractivity contribution in [2.24, 2.45) is 0 Å². The molecule has 0 aliphatic carbocycles. The summed E-state index contributed by atoms with van der Waals surface area (Å²) < 4.78 is 0. The fraction of sp³-hybridized carbons (Fsp3) is 0.0588. The van der Waals surface area contributed by atoms with Crippen molar-refractivity contribution in [3.8, 4) is 0 Å². The first-order valence-corrected chi connectivity index (χ1v) is 6.70. The Morgan fingerprint density at radius 2 is 1.73 bits per heavy atom. The average Bonchev–Trinajstić information content (AvgIpc) is 2.55. The molecule has 0 aromatic heterocycles. The summed E-state index contributed by atoms with van der Waals surface area (Å²) in [6, 6.07) is 15.3. The fourth-order valence-electron chi connectivity index (χ4n) is 1.98. The second-order valence-corrected chi connectivity index (χ2v) is 4.59. The Bertz CT molecular complexity index is 704. The van der Waals surface area contributed by atoms with E-state index in [-0.39, 0.29) is 11.4 Å². The number of non-ortho nitro benzene ring substituents is 1. The minimum absolute atomic E-state index is 0.0313. The van der Waals surface area contributed by atoms with Crippen molar-refractivity contribution in [2.75, 3.05) is 7.05 Å². The molecule has 0 unspecified atom stereocenters. The normalized spacial score (nSPS) is 12.0. The van der Waals surface area contributed by atoms with Gasteiger partial charge in [0, 0.05) is 36.5 Å². The quantitative estimate of drug-likeness (QED) is 0.381. The number of nitrogens with zero attached hydrogens (tertiary/aromatic N) is 1. The van der Waals surface area contributed by atoms with Gasteiger partial charge in [0.05, 0.1) is 4.92 Å². The molecular formula is C17H16N2O3. The van der Waals surface area contributed by atoms with Crippen LogP contribution in [0.15, 0.2) is 66.9 Å². The van der Waals surface area contributed by atoms with Gasteiger partial charge in [-0.05, 0) is 23.8 Å². The van der Waals surface area contributed by atoms with Crippen LogP contribution in [0.2, 0.25) is 0 Å². The van der Waals surface area contributed by atoms with Gasteiger partial charge in [0.15, 0.2) is 0 Å². The van der Waals surface area contributed by atoms with Gasteiger partial charge >= 0.3 is 0 Å². The number of aliphatic hydroxyl groups excluding tert-OH is 1. The summed E-state index contributed by atoms with van der Waals surface area (Å²) in [6.07, 6.45) is 3.34. The molecule has 2 aromatic carbocycles. The minimum atomic E-state index is -0.442. The Balaban J connectivity index is 2.35. The Morgan fingerprint density at radius 1 is 1.09 bits per heavy atom. The highest BCUT2D eigenvalue weighted by atomic mass is 16.6. The SMILES string of the molecule is CNC=C(C=C(O)c1ccccc1)c1ccc([N+](=O)[O-])cc1. The van der Waals surface area contributed by atoms with Gasteiger partial charge in [-0.1, -0.05) is 30.3 Å². The maximum atomic E-state index is 10.7. The molecule has 0 heterocycles. The zero-order chi connectivity index (χ0) is 15.9. The van der Waals surface area contributed by atoms with Gasteiger partial charge in [0.25, 0.3) is 5.69 Å². The van der Waals surface area contributed by atoms with E-state index < -0.39 is 4.92 Å². The van der Waals surface area contributed by atoms with Crippen LogP contribution in [0, 0.1) is 10.1 Å². The molecule has 2 N–H and O–H groups in total. The zero-order valence-electron chi connectivity index (χ0n) is 12.1. The van der Waals surface area contributed by atoms with Crippen LogP contribution in [0.4, 0.5) is 5.69 Å². The summed E-state index contributed by atoms with van der Waals surface area (Å²) in [6.45, 7) is 0. The average molecular weight is 296 g/mol. The molecule has 22 heavy (non-hydrogen) atoms. The number of aliphatic hydroxyl groups is 1.